The number of hydrogen-bond donors (Lipinski definition) is 3. The monoisotopic (exact) mass is 285 g/mol. The molecule has 8 heteroatoms. The van der Waals surface area contributed by atoms with Gasteiger partial charge in [0.1, 0.15) is 6.23 Å². The maximum absolute atomic E-state index is 11.7. The van der Waals surface area contributed by atoms with E-state index >= 15 is 0 Å². The van der Waals surface area contributed by atoms with Crippen LogP contribution in [0.3, 0.4) is 0 Å². The van der Waals surface area contributed by atoms with Gasteiger partial charge in [0.05, 0.1) is 18.8 Å². The topological polar surface area (TPSA) is 106 Å². The van der Waals surface area contributed by atoms with Crippen LogP contribution in [-0.2, 0) is 9.47 Å². The van der Waals surface area contributed by atoms with Crippen LogP contribution in [0.5, 0.6) is 0 Å². The average molecular weight is 285 g/mol. The van der Waals surface area contributed by atoms with Gasteiger partial charge in [0.2, 0.25) is 0 Å². The van der Waals surface area contributed by atoms with Crippen LogP contribution in [-0.4, -0.2) is 53.7 Å². The molecular weight excluding hydrogens is 266 g/mol. The molecule has 0 aromatic carbocycles. The summed E-state index contributed by atoms with van der Waals surface area (Å²) in [6.45, 7) is 1.71. The normalized spacial score (nSPS) is 26.0. The third-order valence-corrected chi connectivity index (χ3v) is 3.19. The Hall–Kier alpha value is -1.48. The number of aromatic nitrogens is 2. The minimum absolute atomic E-state index is 0.308. The Balaban J connectivity index is 1.96. The van der Waals surface area contributed by atoms with Crippen LogP contribution < -0.4 is 16.6 Å². The number of H-pyrrole nitrogens is 1. The molecule has 1 aliphatic heterocycles. The van der Waals surface area contributed by atoms with E-state index in [1.165, 1.54) is 16.8 Å². The molecule has 1 aliphatic rings. The lowest BCUT2D eigenvalue weighted by Gasteiger charge is -2.16. The van der Waals surface area contributed by atoms with Gasteiger partial charge in [-0.05, 0) is 0 Å². The molecule has 1 saturated heterocycles. The Labute approximate surface area is 115 Å². The van der Waals surface area contributed by atoms with Crippen molar-refractivity contribution in [3.05, 3.63) is 33.1 Å². The Morgan fingerprint density at radius 1 is 1.60 bits per heavy atom. The predicted octanol–water partition coefficient (Wildman–Crippen LogP) is -1.58. The number of aromatic amines is 1. The van der Waals surface area contributed by atoms with Crippen molar-refractivity contribution in [2.45, 2.75) is 24.9 Å². The molecule has 0 bridgehead atoms. The zero-order chi connectivity index (χ0) is 14.5. The molecule has 0 amide bonds. The molecule has 0 spiro atoms. The lowest BCUT2D eigenvalue weighted by molar-refractivity contribution is -0.0196. The number of nitrogens with zero attached hydrogens (tertiary/aromatic N) is 1. The summed E-state index contributed by atoms with van der Waals surface area (Å²) in [5.41, 5.74) is -0.995. The Morgan fingerprint density at radius 2 is 2.40 bits per heavy atom. The van der Waals surface area contributed by atoms with E-state index in [0.717, 1.165) is 0 Å². The average Bonchev–Trinajstić information content (AvgIpc) is 2.76. The highest BCUT2D eigenvalue weighted by Gasteiger charge is 2.34. The van der Waals surface area contributed by atoms with E-state index in [9.17, 15) is 14.7 Å². The number of ether oxygens (including phenoxy) is 2. The summed E-state index contributed by atoms with van der Waals surface area (Å²) < 4.78 is 11.8. The predicted molar refractivity (Wildman–Crippen MR) is 70.6 cm³/mol. The van der Waals surface area contributed by atoms with Crippen LogP contribution in [0.4, 0.5) is 0 Å². The fourth-order valence-electron chi connectivity index (χ4n) is 2.14. The Morgan fingerprint density at radius 3 is 3.10 bits per heavy atom. The minimum Gasteiger partial charge on any atom is -0.390 e. The van der Waals surface area contributed by atoms with E-state index in [0.29, 0.717) is 26.1 Å². The fraction of sp³-hybridized carbons (Fsp3) is 0.667. The Kier molecular flexibility index (Phi) is 5.07. The van der Waals surface area contributed by atoms with E-state index < -0.39 is 29.7 Å². The number of aliphatic hydroxyl groups excluding tert-OH is 1. The van der Waals surface area contributed by atoms with E-state index in [1.807, 2.05) is 0 Å². The first kappa shape index (κ1) is 14.9. The highest BCUT2D eigenvalue weighted by molar-refractivity contribution is 4.88. The summed E-state index contributed by atoms with van der Waals surface area (Å²) in [4.78, 5) is 24.8. The molecule has 3 atom stereocenters. The van der Waals surface area contributed by atoms with Gasteiger partial charge in [-0.15, -0.1) is 0 Å². The second kappa shape index (κ2) is 6.80. The largest absolute Gasteiger partial charge is 0.390 e. The van der Waals surface area contributed by atoms with E-state index in [1.54, 1.807) is 7.11 Å². The summed E-state index contributed by atoms with van der Waals surface area (Å²) in [5, 5.41) is 13.0. The first-order valence-corrected chi connectivity index (χ1v) is 6.46. The molecule has 0 saturated carbocycles. The van der Waals surface area contributed by atoms with Gasteiger partial charge in [-0.1, -0.05) is 0 Å². The van der Waals surface area contributed by atoms with Crippen molar-refractivity contribution in [1.82, 2.24) is 14.9 Å². The van der Waals surface area contributed by atoms with Gasteiger partial charge in [-0.25, -0.2) is 4.79 Å². The van der Waals surface area contributed by atoms with Crippen LogP contribution in [0.1, 0.15) is 12.6 Å². The van der Waals surface area contributed by atoms with Crippen molar-refractivity contribution in [1.29, 1.82) is 0 Å². The lowest BCUT2D eigenvalue weighted by atomic mass is 10.2. The van der Waals surface area contributed by atoms with Crippen molar-refractivity contribution in [3.8, 4) is 0 Å². The minimum atomic E-state index is -0.658. The molecule has 1 fully saturated rings. The SMILES string of the molecule is COCCNC[C@H]1O[C@@H](n2ccc(=O)[nH]c2=O)C[C@@H]1O. The standard InChI is InChI=1S/C12H19N3O5/c1-19-5-3-13-7-9-8(16)6-11(20-9)15-4-2-10(17)14-12(15)18/h2,4,8-9,11,13,16H,3,5-7H2,1H3,(H,14,17,18)/t8-,9+,11+/m0/s1. The summed E-state index contributed by atoms with van der Waals surface area (Å²) in [5.74, 6) is 0. The van der Waals surface area contributed by atoms with Crippen molar-refractivity contribution >= 4 is 0 Å². The number of nitrogens with one attached hydrogen (secondary N) is 2. The quantitative estimate of drug-likeness (QED) is 0.545. The highest BCUT2D eigenvalue weighted by atomic mass is 16.5. The molecule has 20 heavy (non-hydrogen) atoms. The van der Waals surface area contributed by atoms with E-state index in [2.05, 4.69) is 10.3 Å². The summed E-state index contributed by atoms with van der Waals surface area (Å²) in [6.07, 6.45) is 0.0649. The Bertz CT molecular complexity index is 540. The zero-order valence-corrected chi connectivity index (χ0v) is 11.2. The maximum Gasteiger partial charge on any atom is 0.330 e. The van der Waals surface area contributed by atoms with Crippen molar-refractivity contribution in [2.24, 2.45) is 0 Å². The molecule has 0 radical (unpaired) electrons. The summed E-state index contributed by atoms with van der Waals surface area (Å²) in [6, 6.07) is 1.25. The number of rotatable bonds is 6. The number of hydrogen-bond acceptors (Lipinski definition) is 6. The van der Waals surface area contributed by atoms with Gasteiger partial charge in [-0.2, -0.15) is 0 Å². The van der Waals surface area contributed by atoms with Gasteiger partial charge < -0.3 is 19.9 Å². The second-order valence-corrected chi connectivity index (χ2v) is 4.65. The van der Waals surface area contributed by atoms with Crippen molar-refractivity contribution < 1.29 is 14.6 Å². The van der Waals surface area contributed by atoms with Gasteiger partial charge in [0, 0.05) is 38.9 Å². The van der Waals surface area contributed by atoms with E-state index in [4.69, 9.17) is 9.47 Å². The third kappa shape index (κ3) is 3.54. The molecule has 0 unspecified atom stereocenters. The molecule has 2 rings (SSSR count). The van der Waals surface area contributed by atoms with Gasteiger partial charge >= 0.3 is 5.69 Å². The summed E-state index contributed by atoms with van der Waals surface area (Å²) in [7, 11) is 1.61. The smallest absolute Gasteiger partial charge is 0.330 e. The van der Waals surface area contributed by atoms with Crippen molar-refractivity contribution in [2.75, 3.05) is 26.8 Å². The second-order valence-electron chi connectivity index (χ2n) is 4.65. The molecule has 3 N–H and O–H groups in total. The van der Waals surface area contributed by atoms with Crippen LogP contribution >= 0.6 is 0 Å². The first-order valence-electron chi connectivity index (χ1n) is 6.46. The van der Waals surface area contributed by atoms with Crippen LogP contribution in [0.15, 0.2) is 21.9 Å². The van der Waals surface area contributed by atoms with Gasteiger partial charge in [-0.3, -0.25) is 14.3 Å². The molecule has 2 heterocycles. The summed E-state index contributed by atoms with van der Waals surface area (Å²) >= 11 is 0. The first-order chi connectivity index (χ1) is 9.61. The number of aliphatic hydroxyl groups is 1. The molecule has 112 valence electrons. The van der Waals surface area contributed by atoms with Gasteiger partial charge in [0.25, 0.3) is 5.56 Å². The van der Waals surface area contributed by atoms with Crippen LogP contribution in [0.2, 0.25) is 0 Å². The van der Waals surface area contributed by atoms with Gasteiger partial charge in [0.15, 0.2) is 0 Å². The van der Waals surface area contributed by atoms with E-state index in [-0.39, 0.29) is 0 Å². The molecular formula is C12H19N3O5. The highest BCUT2D eigenvalue weighted by Crippen LogP contribution is 2.26. The molecule has 1 aromatic heterocycles. The molecule has 0 aliphatic carbocycles. The third-order valence-electron chi connectivity index (χ3n) is 3.19. The van der Waals surface area contributed by atoms with Crippen LogP contribution in [0, 0.1) is 0 Å². The molecule has 8 nitrogen and oxygen atoms in total. The number of methoxy groups -OCH3 is 1. The van der Waals surface area contributed by atoms with Crippen molar-refractivity contribution in [3.63, 3.8) is 0 Å². The fourth-order valence-corrected chi connectivity index (χ4v) is 2.14. The zero-order valence-electron chi connectivity index (χ0n) is 11.2. The lowest BCUT2D eigenvalue weighted by Crippen LogP contribution is -2.35. The maximum atomic E-state index is 11.7. The molecule has 1 aromatic rings. The van der Waals surface area contributed by atoms with Crippen LogP contribution in [0.25, 0.3) is 0 Å².